The van der Waals surface area contributed by atoms with Gasteiger partial charge in [0.2, 0.25) is 0 Å². The van der Waals surface area contributed by atoms with E-state index in [0.29, 0.717) is 42.7 Å². The Bertz CT molecular complexity index is 1180. The van der Waals surface area contributed by atoms with Crippen LogP contribution < -0.4 is 0 Å². The number of carbonyl (C=O) groups is 1. The van der Waals surface area contributed by atoms with Crippen LogP contribution in [0.1, 0.15) is 10.4 Å². The molecule has 0 unspecified atom stereocenters. The zero-order valence-electron chi connectivity index (χ0n) is 15.5. The van der Waals surface area contributed by atoms with Crippen LogP contribution in [0.25, 0.3) is 28.1 Å². The molecule has 5 rings (SSSR count). The van der Waals surface area contributed by atoms with E-state index >= 15 is 0 Å². The Morgan fingerprint density at radius 1 is 1.10 bits per heavy atom. The van der Waals surface area contributed by atoms with E-state index in [1.165, 1.54) is 0 Å². The zero-order valence-corrected chi connectivity index (χ0v) is 16.3. The molecular formula is C21H18ClN5O2. The number of nitrogens with one attached hydrogen (secondary N) is 1. The fourth-order valence-corrected chi connectivity index (χ4v) is 3.53. The first-order chi connectivity index (χ1) is 14.2. The summed E-state index contributed by atoms with van der Waals surface area (Å²) in [4.78, 5) is 22.5. The monoisotopic (exact) mass is 407 g/mol. The van der Waals surface area contributed by atoms with Crippen molar-refractivity contribution >= 4 is 28.5 Å². The Balaban J connectivity index is 1.43. The Kier molecular flexibility index (Phi) is 4.54. The second-order valence-corrected chi connectivity index (χ2v) is 7.31. The van der Waals surface area contributed by atoms with Crippen LogP contribution in [0.3, 0.4) is 0 Å². The predicted molar refractivity (Wildman–Crippen MR) is 110 cm³/mol. The topological polar surface area (TPSA) is 76.0 Å². The minimum atomic E-state index is 0.0157. The van der Waals surface area contributed by atoms with Gasteiger partial charge in [0.05, 0.1) is 41.7 Å². The molecule has 1 aliphatic heterocycles. The number of aromatic amines is 1. The van der Waals surface area contributed by atoms with E-state index in [1.54, 1.807) is 10.9 Å². The van der Waals surface area contributed by atoms with Crippen LogP contribution in [0.15, 0.2) is 54.9 Å². The Morgan fingerprint density at radius 3 is 2.69 bits per heavy atom. The number of imidazole rings is 1. The molecule has 4 aromatic rings. The average molecular weight is 408 g/mol. The van der Waals surface area contributed by atoms with Gasteiger partial charge >= 0.3 is 0 Å². The second kappa shape index (κ2) is 7.35. The quantitative estimate of drug-likeness (QED) is 0.563. The van der Waals surface area contributed by atoms with Gasteiger partial charge in [-0.25, -0.2) is 9.67 Å². The van der Waals surface area contributed by atoms with Crippen molar-refractivity contribution in [3.8, 4) is 17.1 Å². The standard InChI is InChI=1S/C21H18ClN5O2/c22-16-2-4-17(5-3-16)27-13-15(12-23-27)20-24-18-6-1-14(11-19(18)25-20)21(28)26-7-9-29-10-8-26/h1-6,11-13H,7-10H2,(H,24,25). The number of nitrogens with zero attached hydrogens (tertiary/aromatic N) is 4. The summed E-state index contributed by atoms with van der Waals surface area (Å²) in [7, 11) is 0. The summed E-state index contributed by atoms with van der Waals surface area (Å²) in [6.45, 7) is 2.41. The number of fused-ring (bicyclic) bond motifs is 1. The van der Waals surface area contributed by atoms with Gasteiger partial charge in [0.15, 0.2) is 0 Å². The lowest BCUT2D eigenvalue weighted by Gasteiger charge is -2.26. The molecule has 3 heterocycles. The predicted octanol–water partition coefficient (Wildman–Crippen LogP) is 3.54. The number of amides is 1. The van der Waals surface area contributed by atoms with Crippen molar-refractivity contribution in [2.75, 3.05) is 26.3 Å². The van der Waals surface area contributed by atoms with Crippen LogP contribution in [0.5, 0.6) is 0 Å². The highest BCUT2D eigenvalue weighted by Crippen LogP contribution is 2.23. The number of carbonyl (C=O) groups excluding carboxylic acids is 1. The normalized spacial score (nSPS) is 14.4. The first-order valence-corrected chi connectivity index (χ1v) is 9.73. The molecule has 0 spiro atoms. The largest absolute Gasteiger partial charge is 0.378 e. The summed E-state index contributed by atoms with van der Waals surface area (Å²) in [5.41, 5.74) is 4.04. The Labute approximate surface area is 171 Å². The lowest BCUT2D eigenvalue weighted by molar-refractivity contribution is 0.0303. The molecule has 7 nitrogen and oxygen atoms in total. The second-order valence-electron chi connectivity index (χ2n) is 6.87. The first-order valence-electron chi connectivity index (χ1n) is 9.35. The van der Waals surface area contributed by atoms with E-state index in [2.05, 4.69) is 15.1 Å². The Hall–Kier alpha value is -3.16. The van der Waals surface area contributed by atoms with Gasteiger partial charge in [0.1, 0.15) is 5.82 Å². The number of benzene rings is 2. The minimum Gasteiger partial charge on any atom is -0.378 e. The summed E-state index contributed by atoms with van der Waals surface area (Å²) in [5.74, 6) is 0.720. The minimum absolute atomic E-state index is 0.0157. The highest BCUT2D eigenvalue weighted by molar-refractivity contribution is 6.30. The van der Waals surface area contributed by atoms with Gasteiger partial charge in [-0.1, -0.05) is 11.6 Å². The summed E-state index contributed by atoms with van der Waals surface area (Å²) in [6.07, 6.45) is 3.66. The van der Waals surface area contributed by atoms with Gasteiger partial charge in [-0.2, -0.15) is 5.10 Å². The highest BCUT2D eigenvalue weighted by atomic mass is 35.5. The van der Waals surface area contributed by atoms with E-state index in [4.69, 9.17) is 16.3 Å². The fourth-order valence-electron chi connectivity index (χ4n) is 3.41. The molecule has 0 radical (unpaired) electrons. The van der Waals surface area contributed by atoms with Gasteiger partial charge < -0.3 is 14.6 Å². The number of halogens is 1. The maximum absolute atomic E-state index is 12.7. The van der Waals surface area contributed by atoms with E-state index in [-0.39, 0.29) is 5.91 Å². The number of rotatable bonds is 3. The number of aromatic nitrogens is 4. The van der Waals surface area contributed by atoms with Crippen LogP contribution in [-0.4, -0.2) is 56.9 Å². The van der Waals surface area contributed by atoms with Crippen molar-refractivity contribution in [2.24, 2.45) is 0 Å². The third kappa shape index (κ3) is 3.50. The smallest absolute Gasteiger partial charge is 0.254 e. The van der Waals surface area contributed by atoms with Crippen LogP contribution in [0.2, 0.25) is 5.02 Å². The number of hydrogen-bond donors (Lipinski definition) is 1. The molecule has 1 saturated heterocycles. The number of morpholine rings is 1. The molecule has 0 saturated carbocycles. The summed E-state index contributed by atoms with van der Waals surface area (Å²) < 4.78 is 7.09. The summed E-state index contributed by atoms with van der Waals surface area (Å²) in [6, 6.07) is 13.0. The molecule has 0 aliphatic carbocycles. The molecule has 1 aliphatic rings. The molecular weight excluding hydrogens is 390 g/mol. The summed E-state index contributed by atoms with van der Waals surface area (Å²) in [5, 5.41) is 5.09. The lowest BCUT2D eigenvalue weighted by Crippen LogP contribution is -2.40. The van der Waals surface area contributed by atoms with Gasteiger partial charge in [-0.3, -0.25) is 4.79 Å². The molecule has 1 N–H and O–H groups in total. The van der Waals surface area contributed by atoms with Crippen LogP contribution >= 0.6 is 11.6 Å². The van der Waals surface area contributed by atoms with Crippen molar-refractivity contribution in [1.29, 1.82) is 0 Å². The van der Waals surface area contributed by atoms with Gasteiger partial charge in [-0.15, -0.1) is 0 Å². The number of hydrogen-bond acceptors (Lipinski definition) is 4. The molecule has 146 valence electrons. The first kappa shape index (κ1) is 17.9. The SMILES string of the molecule is O=C(c1ccc2nc(-c3cnn(-c4ccc(Cl)cc4)c3)[nH]c2c1)N1CCOCC1. The average Bonchev–Trinajstić information content (AvgIpc) is 3.41. The molecule has 29 heavy (non-hydrogen) atoms. The van der Waals surface area contributed by atoms with E-state index < -0.39 is 0 Å². The number of ether oxygens (including phenoxy) is 1. The molecule has 2 aromatic carbocycles. The Morgan fingerprint density at radius 2 is 1.90 bits per heavy atom. The molecule has 1 amide bonds. The molecule has 8 heteroatoms. The van der Waals surface area contributed by atoms with Crippen molar-refractivity contribution in [2.45, 2.75) is 0 Å². The van der Waals surface area contributed by atoms with Crippen LogP contribution in [-0.2, 0) is 4.74 Å². The van der Waals surface area contributed by atoms with E-state index in [1.807, 2.05) is 53.6 Å². The number of H-pyrrole nitrogens is 1. The van der Waals surface area contributed by atoms with E-state index in [0.717, 1.165) is 22.3 Å². The van der Waals surface area contributed by atoms with Crippen molar-refractivity contribution < 1.29 is 9.53 Å². The van der Waals surface area contributed by atoms with Crippen LogP contribution in [0.4, 0.5) is 0 Å². The van der Waals surface area contributed by atoms with Crippen molar-refractivity contribution in [3.63, 3.8) is 0 Å². The zero-order chi connectivity index (χ0) is 19.8. The fraction of sp³-hybridized carbons (Fsp3) is 0.190. The third-order valence-electron chi connectivity index (χ3n) is 4.97. The molecule has 1 fully saturated rings. The van der Waals surface area contributed by atoms with Gasteiger partial charge in [-0.05, 0) is 42.5 Å². The molecule has 0 atom stereocenters. The van der Waals surface area contributed by atoms with Gasteiger partial charge in [0.25, 0.3) is 5.91 Å². The molecule has 2 aromatic heterocycles. The van der Waals surface area contributed by atoms with Crippen LogP contribution in [0, 0.1) is 0 Å². The van der Waals surface area contributed by atoms with Gasteiger partial charge in [0, 0.05) is 29.9 Å². The van der Waals surface area contributed by atoms with E-state index in [9.17, 15) is 4.79 Å². The van der Waals surface area contributed by atoms with Crippen molar-refractivity contribution in [3.05, 3.63) is 65.4 Å². The van der Waals surface area contributed by atoms with Crippen molar-refractivity contribution in [1.82, 2.24) is 24.6 Å². The highest BCUT2D eigenvalue weighted by Gasteiger charge is 2.19. The molecule has 0 bridgehead atoms. The maximum Gasteiger partial charge on any atom is 0.254 e. The lowest BCUT2D eigenvalue weighted by atomic mass is 10.1. The maximum atomic E-state index is 12.7. The summed E-state index contributed by atoms with van der Waals surface area (Å²) >= 11 is 5.95. The third-order valence-corrected chi connectivity index (χ3v) is 5.23.